The average Bonchev–Trinajstić information content (AvgIpc) is 2.59. The Hall–Kier alpha value is -1.98. The zero-order valence-electron chi connectivity index (χ0n) is 7.68. The molecule has 0 saturated carbocycles. The minimum atomic E-state index is 0.308. The molecule has 0 N–H and O–H groups in total. The SMILES string of the molecule is COc1ccc2c(no[n+]2[O-])c1OC. The third-order valence-corrected chi connectivity index (χ3v) is 1.90. The Bertz CT molecular complexity index is 466. The molecule has 2 rings (SSSR count). The van der Waals surface area contributed by atoms with Crippen LogP contribution in [0.15, 0.2) is 16.8 Å². The Morgan fingerprint density at radius 1 is 1.36 bits per heavy atom. The van der Waals surface area contributed by atoms with Crippen molar-refractivity contribution in [2.45, 2.75) is 0 Å². The van der Waals surface area contributed by atoms with Crippen LogP contribution in [0.3, 0.4) is 0 Å². The smallest absolute Gasteiger partial charge is 0.294 e. The molecule has 2 aromatic rings. The predicted molar refractivity (Wildman–Crippen MR) is 46.1 cm³/mol. The number of aromatic nitrogens is 2. The fourth-order valence-electron chi connectivity index (χ4n) is 1.26. The van der Waals surface area contributed by atoms with Crippen molar-refractivity contribution >= 4 is 11.0 Å². The van der Waals surface area contributed by atoms with E-state index in [-0.39, 0.29) is 0 Å². The van der Waals surface area contributed by atoms with E-state index in [0.717, 1.165) is 0 Å². The molecule has 0 aliphatic carbocycles. The second-order valence-corrected chi connectivity index (χ2v) is 2.60. The van der Waals surface area contributed by atoms with Crippen LogP contribution in [0.1, 0.15) is 0 Å². The van der Waals surface area contributed by atoms with Crippen LogP contribution in [0.25, 0.3) is 11.0 Å². The number of methoxy groups -OCH3 is 2. The summed E-state index contributed by atoms with van der Waals surface area (Å²) in [6.07, 6.45) is 0. The van der Waals surface area contributed by atoms with Crippen molar-refractivity contribution in [1.82, 2.24) is 5.16 Å². The Labute approximate surface area is 79.2 Å². The normalized spacial score (nSPS) is 10.4. The fraction of sp³-hybridized carbons (Fsp3) is 0.250. The largest absolute Gasteiger partial charge is 0.493 e. The van der Waals surface area contributed by atoms with Crippen molar-refractivity contribution in [3.63, 3.8) is 0 Å². The summed E-state index contributed by atoms with van der Waals surface area (Å²) in [6, 6.07) is 3.17. The first-order chi connectivity index (χ1) is 6.77. The summed E-state index contributed by atoms with van der Waals surface area (Å²) >= 11 is 0. The summed E-state index contributed by atoms with van der Waals surface area (Å²) in [5.41, 5.74) is 0.657. The average molecular weight is 196 g/mol. The van der Waals surface area contributed by atoms with Gasteiger partial charge in [0.15, 0.2) is 5.75 Å². The number of hydrogen-bond donors (Lipinski definition) is 0. The molecule has 1 heterocycles. The Morgan fingerprint density at radius 2 is 2.14 bits per heavy atom. The van der Waals surface area contributed by atoms with Crippen LogP contribution >= 0.6 is 0 Å². The van der Waals surface area contributed by atoms with Crippen molar-refractivity contribution < 1.29 is 19.0 Å². The Balaban J connectivity index is 2.77. The van der Waals surface area contributed by atoms with Crippen molar-refractivity contribution in [1.29, 1.82) is 0 Å². The van der Waals surface area contributed by atoms with E-state index in [1.54, 1.807) is 12.1 Å². The summed E-state index contributed by atoms with van der Waals surface area (Å²) in [6.45, 7) is 0. The maximum Gasteiger partial charge on any atom is 0.294 e. The molecule has 0 spiro atoms. The zero-order valence-corrected chi connectivity index (χ0v) is 7.68. The van der Waals surface area contributed by atoms with Crippen LogP contribution in [0.4, 0.5) is 0 Å². The highest BCUT2D eigenvalue weighted by molar-refractivity contribution is 5.81. The molecule has 0 unspecified atom stereocenters. The number of nitrogens with zero attached hydrogens (tertiary/aromatic N) is 2. The van der Waals surface area contributed by atoms with Gasteiger partial charge in [0.25, 0.3) is 5.52 Å². The summed E-state index contributed by atoms with van der Waals surface area (Å²) in [5, 5.41) is 14.6. The summed E-state index contributed by atoms with van der Waals surface area (Å²) < 4.78 is 14.5. The third kappa shape index (κ3) is 1.04. The lowest BCUT2D eigenvalue weighted by Gasteiger charge is -2.03. The molecular formula is C8H8N2O4. The molecule has 0 fully saturated rings. The zero-order chi connectivity index (χ0) is 10.1. The maximum absolute atomic E-state index is 11.0. The molecule has 0 aliphatic heterocycles. The second-order valence-electron chi connectivity index (χ2n) is 2.60. The second kappa shape index (κ2) is 3.06. The molecular weight excluding hydrogens is 188 g/mol. The van der Waals surface area contributed by atoms with Gasteiger partial charge in [-0.15, -0.1) is 0 Å². The lowest BCUT2D eigenvalue weighted by Crippen LogP contribution is -2.22. The van der Waals surface area contributed by atoms with Gasteiger partial charge in [0.1, 0.15) is 0 Å². The standard InChI is InChI=1S/C8H8N2O4/c1-12-6-4-3-5-7(8(6)13-2)9-14-10(5)11/h3-4H,1-2H3. The first-order valence-electron chi connectivity index (χ1n) is 3.88. The molecule has 6 nitrogen and oxygen atoms in total. The number of hydrogen-bond acceptors (Lipinski definition) is 5. The highest BCUT2D eigenvalue weighted by atomic mass is 16.8. The predicted octanol–water partition coefficient (Wildman–Crippen LogP) is 0.478. The number of fused-ring (bicyclic) bond motifs is 1. The first kappa shape index (κ1) is 8.61. The van der Waals surface area contributed by atoms with Gasteiger partial charge in [-0.05, 0) is 17.0 Å². The third-order valence-electron chi connectivity index (χ3n) is 1.90. The van der Waals surface area contributed by atoms with Crippen LogP contribution in [0, 0.1) is 5.21 Å². The molecule has 14 heavy (non-hydrogen) atoms. The Kier molecular flexibility index (Phi) is 1.88. The van der Waals surface area contributed by atoms with Gasteiger partial charge < -0.3 is 14.7 Å². The molecule has 0 aliphatic rings. The lowest BCUT2D eigenvalue weighted by molar-refractivity contribution is -0.782. The summed E-state index contributed by atoms with van der Waals surface area (Å²) in [7, 11) is 2.98. The topological polar surface area (TPSA) is 71.4 Å². The number of rotatable bonds is 2. The molecule has 1 aromatic heterocycles. The molecule has 0 radical (unpaired) electrons. The highest BCUT2D eigenvalue weighted by Crippen LogP contribution is 2.32. The molecule has 0 atom stereocenters. The number of ether oxygens (including phenoxy) is 2. The van der Waals surface area contributed by atoms with Crippen LogP contribution in [0.2, 0.25) is 0 Å². The van der Waals surface area contributed by atoms with Crippen molar-refractivity contribution in [3.8, 4) is 11.5 Å². The number of benzene rings is 1. The molecule has 0 amide bonds. The van der Waals surface area contributed by atoms with Crippen molar-refractivity contribution in [2.75, 3.05) is 14.2 Å². The van der Waals surface area contributed by atoms with Gasteiger partial charge in [-0.1, -0.05) is 0 Å². The van der Waals surface area contributed by atoms with E-state index in [1.165, 1.54) is 14.2 Å². The summed E-state index contributed by atoms with van der Waals surface area (Å²) in [4.78, 5) is 0.317. The van der Waals surface area contributed by atoms with Gasteiger partial charge in [-0.25, -0.2) is 0 Å². The van der Waals surface area contributed by atoms with Crippen LogP contribution in [0.5, 0.6) is 11.5 Å². The van der Waals surface area contributed by atoms with Crippen molar-refractivity contribution in [2.24, 2.45) is 0 Å². The van der Waals surface area contributed by atoms with Gasteiger partial charge in [0.05, 0.1) is 19.4 Å². The molecule has 74 valence electrons. The summed E-state index contributed by atoms with van der Waals surface area (Å²) in [5.74, 6) is 0.900. The molecule has 0 saturated heterocycles. The van der Waals surface area contributed by atoms with Gasteiger partial charge >= 0.3 is 0 Å². The van der Waals surface area contributed by atoms with Gasteiger partial charge in [-0.2, -0.15) is 0 Å². The van der Waals surface area contributed by atoms with E-state index in [1.807, 2.05) is 0 Å². The molecule has 0 bridgehead atoms. The highest BCUT2D eigenvalue weighted by Gasteiger charge is 2.19. The lowest BCUT2D eigenvalue weighted by atomic mass is 10.2. The van der Waals surface area contributed by atoms with E-state index in [4.69, 9.17) is 9.47 Å². The fourth-order valence-corrected chi connectivity index (χ4v) is 1.26. The van der Waals surface area contributed by atoms with E-state index in [0.29, 0.717) is 27.4 Å². The van der Waals surface area contributed by atoms with E-state index in [2.05, 4.69) is 9.79 Å². The van der Waals surface area contributed by atoms with E-state index < -0.39 is 0 Å². The Morgan fingerprint density at radius 3 is 2.79 bits per heavy atom. The van der Waals surface area contributed by atoms with Crippen LogP contribution < -0.4 is 14.4 Å². The minimum Gasteiger partial charge on any atom is -0.493 e. The van der Waals surface area contributed by atoms with E-state index in [9.17, 15) is 5.21 Å². The van der Waals surface area contributed by atoms with Crippen LogP contribution in [-0.2, 0) is 0 Å². The molecule has 1 aromatic carbocycles. The van der Waals surface area contributed by atoms with E-state index >= 15 is 0 Å². The molecule has 6 heteroatoms. The first-order valence-corrected chi connectivity index (χ1v) is 3.88. The maximum atomic E-state index is 11.0. The quantitative estimate of drug-likeness (QED) is 0.653. The monoisotopic (exact) mass is 196 g/mol. The van der Waals surface area contributed by atoms with Crippen LogP contribution in [-0.4, -0.2) is 19.4 Å². The van der Waals surface area contributed by atoms with Crippen molar-refractivity contribution in [3.05, 3.63) is 17.3 Å². The van der Waals surface area contributed by atoms with Gasteiger partial charge in [-0.3, -0.25) is 4.63 Å². The van der Waals surface area contributed by atoms with Gasteiger partial charge in [0, 0.05) is 0 Å². The van der Waals surface area contributed by atoms with Gasteiger partial charge in [0.2, 0.25) is 11.3 Å². The minimum absolute atomic E-state index is 0.308.